The molecule has 0 saturated heterocycles. The van der Waals surface area contributed by atoms with Crippen LogP contribution in [0, 0.1) is 13.8 Å². The van der Waals surface area contributed by atoms with E-state index in [1.807, 2.05) is 40.8 Å². The molecule has 1 aromatic rings. The zero-order valence-corrected chi connectivity index (χ0v) is 12.2. The van der Waals surface area contributed by atoms with Crippen molar-refractivity contribution in [3.05, 3.63) is 17.3 Å². The minimum absolute atomic E-state index is 0.210. The predicted octanol–water partition coefficient (Wildman–Crippen LogP) is 3.94. The molecule has 1 aliphatic rings. The van der Waals surface area contributed by atoms with Gasteiger partial charge in [-0.1, -0.05) is 27.7 Å². The Bertz CT molecular complexity index is 337. The van der Waals surface area contributed by atoms with Crippen LogP contribution in [0.2, 0.25) is 0 Å². The van der Waals surface area contributed by atoms with Crippen molar-refractivity contribution in [2.24, 2.45) is 0 Å². The first-order valence-electron chi connectivity index (χ1n) is 6.55. The lowest BCUT2D eigenvalue weighted by molar-refractivity contribution is 0.216. The molecule has 2 heterocycles. The van der Waals surface area contributed by atoms with Crippen LogP contribution in [-0.2, 0) is 0 Å². The van der Waals surface area contributed by atoms with Crippen LogP contribution < -0.4 is 10.1 Å². The lowest BCUT2D eigenvalue weighted by atomic mass is 10.1. The molecule has 0 bridgehead atoms. The number of ether oxygens (including phenoxy) is 1. The van der Waals surface area contributed by atoms with Gasteiger partial charge in [-0.2, -0.15) is 0 Å². The van der Waals surface area contributed by atoms with Crippen LogP contribution >= 0.6 is 0 Å². The van der Waals surface area contributed by atoms with Crippen LogP contribution in [0.4, 0.5) is 5.69 Å². The van der Waals surface area contributed by atoms with Gasteiger partial charge in [0.15, 0.2) is 0 Å². The average Bonchev–Trinajstić information content (AvgIpc) is 2.39. The van der Waals surface area contributed by atoms with Gasteiger partial charge < -0.3 is 10.1 Å². The second-order valence-electron chi connectivity index (χ2n) is 3.56. The van der Waals surface area contributed by atoms with E-state index in [1.54, 1.807) is 0 Å². The van der Waals surface area contributed by atoms with Crippen molar-refractivity contribution in [2.75, 3.05) is 11.9 Å². The van der Waals surface area contributed by atoms with Crippen molar-refractivity contribution in [3.8, 4) is 5.88 Å². The Balaban J connectivity index is 0.000000581. The van der Waals surface area contributed by atoms with Gasteiger partial charge in [0.25, 0.3) is 0 Å². The van der Waals surface area contributed by atoms with E-state index in [9.17, 15) is 0 Å². The minimum atomic E-state index is 0.210. The lowest BCUT2D eigenvalue weighted by Crippen LogP contribution is -2.28. The van der Waals surface area contributed by atoms with E-state index in [-0.39, 0.29) is 6.10 Å². The highest BCUT2D eigenvalue weighted by molar-refractivity contribution is 5.61. The van der Waals surface area contributed by atoms with Crippen LogP contribution in [0.25, 0.3) is 0 Å². The monoisotopic (exact) mass is 238 g/mol. The fourth-order valence-electron chi connectivity index (χ4n) is 1.45. The van der Waals surface area contributed by atoms with Crippen molar-refractivity contribution in [3.63, 3.8) is 0 Å². The van der Waals surface area contributed by atoms with Crippen molar-refractivity contribution >= 4 is 5.69 Å². The fraction of sp³-hybridized carbons (Fsp3) is 0.643. The summed E-state index contributed by atoms with van der Waals surface area (Å²) in [4.78, 5) is 4.25. The highest BCUT2D eigenvalue weighted by Crippen LogP contribution is 2.31. The first-order chi connectivity index (χ1) is 8.18. The highest BCUT2D eigenvalue weighted by atomic mass is 16.5. The number of fused-ring (bicyclic) bond motifs is 1. The van der Waals surface area contributed by atoms with Crippen molar-refractivity contribution < 1.29 is 4.74 Å². The summed E-state index contributed by atoms with van der Waals surface area (Å²) >= 11 is 0. The van der Waals surface area contributed by atoms with E-state index in [4.69, 9.17) is 4.74 Å². The van der Waals surface area contributed by atoms with Crippen molar-refractivity contribution in [1.29, 1.82) is 0 Å². The first-order valence-corrected chi connectivity index (χ1v) is 6.55. The molecule has 1 atom stereocenters. The summed E-state index contributed by atoms with van der Waals surface area (Å²) in [5, 5.41) is 3.33. The SMILES string of the molecule is CC.CC.Cc1cnc2c(c1C)NCC(C)O2. The summed E-state index contributed by atoms with van der Waals surface area (Å²) in [6, 6.07) is 0. The van der Waals surface area contributed by atoms with Crippen molar-refractivity contribution in [2.45, 2.75) is 54.6 Å². The lowest BCUT2D eigenvalue weighted by Gasteiger charge is -2.25. The molecule has 3 heteroatoms. The van der Waals surface area contributed by atoms with Gasteiger partial charge in [-0.15, -0.1) is 0 Å². The number of aromatic nitrogens is 1. The number of anilines is 1. The van der Waals surface area contributed by atoms with Gasteiger partial charge in [-0.05, 0) is 31.9 Å². The second kappa shape index (κ2) is 7.93. The van der Waals surface area contributed by atoms with Gasteiger partial charge in [0, 0.05) is 6.20 Å². The molecular weight excluding hydrogens is 212 g/mol. The first kappa shape index (κ1) is 15.8. The highest BCUT2D eigenvalue weighted by Gasteiger charge is 2.18. The number of hydrogen-bond donors (Lipinski definition) is 1. The molecular formula is C14H26N2O. The van der Waals surface area contributed by atoms with E-state index in [0.29, 0.717) is 0 Å². The standard InChI is InChI=1S/C10H14N2O.2C2H6/c1-6-4-12-10-9(8(6)3)11-5-7(2)13-10;2*1-2/h4,7,11H,5H2,1-3H3;2*1-2H3. The molecule has 3 nitrogen and oxygen atoms in total. The van der Waals surface area contributed by atoms with E-state index in [1.165, 1.54) is 11.1 Å². The maximum absolute atomic E-state index is 5.59. The van der Waals surface area contributed by atoms with E-state index in [2.05, 4.69) is 24.1 Å². The molecule has 0 radical (unpaired) electrons. The van der Waals surface area contributed by atoms with Crippen LogP contribution in [0.5, 0.6) is 5.88 Å². The maximum atomic E-state index is 5.59. The van der Waals surface area contributed by atoms with Crippen LogP contribution in [0.3, 0.4) is 0 Å². The van der Waals surface area contributed by atoms with Gasteiger partial charge >= 0.3 is 0 Å². The van der Waals surface area contributed by atoms with Crippen LogP contribution in [0.15, 0.2) is 6.20 Å². The number of hydrogen-bond acceptors (Lipinski definition) is 3. The van der Waals surface area contributed by atoms with Gasteiger partial charge in [0.1, 0.15) is 11.8 Å². The molecule has 1 aromatic heterocycles. The molecule has 0 aliphatic carbocycles. The number of nitrogens with zero attached hydrogens (tertiary/aromatic N) is 1. The van der Waals surface area contributed by atoms with Gasteiger partial charge in [-0.3, -0.25) is 0 Å². The fourth-order valence-corrected chi connectivity index (χ4v) is 1.45. The zero-order valence-electron chi connectivity index (χ0n) is 12.2. The molecule has 0 fully saturated rings. The van der Waals surface area contributed by atoms with Gasteiger partial charge in [-0.25, -0.2) is 4.98 Å². The summed E-state index contributed by atoms with van der Waals surface area (Å²) in [5.74, 6) is 0.738. The Hall–Kier alpha value is -1.25. The summed E-state index contributed by atoms with van der Waals surface area (Å²) in [6.07, 6.45) is 2.07. The molecule has 0 amide bonds. The molecule has 17 heavy (non-hydrogen) atoms. The van der Waals surface area contributed by atoms with E-state index < -0.39 is 0 Å². The Morgan fingerprint density at radius 3 is 2.41 bits per heavy atom. The second-order valence-corrected chi connectivity index (χ2v) is 3.56. The summed E-state index contributed by atoms with van der Waals surface area (Å²) in [5.41, 5.74) is 3.49. The predicted molar refractivity (Wildman–Crippen MR) is 75.0 cm³/mol. The Morgan fingerprint density at radius 2 is 1.82 bits per heavy atom. The quantitative estimate of drug-likeness (QED) is 0.743. The molecule has 0 saturated carbocycles. The van der Waals surface area contributed by atoms with Crippen molar-refractivity contribution in [1.82, 2.24) is 4.98 Å². The molecule has 0 spiro atoms. The number of aryl methyl sites for hydroxylation is 1. The maximum Gasteiger partial charge on any atom is 0.237 e. The average molecular weight is 238 g/mol. The molecule has 98 valence electrons. The summed E-state index contributed by atoms with van der Waals surface area (Å²) < 4.78 is 5.59. The molecule has 0 aromatic carbocycles. The van der Waals surface area contributed by atoms with E-state index >= 15 is 0 Å². The Labute approximate surface area is 106 Å². The number of pyridine rings is 1. The summed E-state index contributed by atoms with van der Waals surface area (Å²) in [7, 11) is 0. The van der Waals surface area contributed by atoms with Gasteiger partial charge in [0.2, 0.25) is 5.88 Å². The zero-order chi connectivity index (χ0) is 13.4. The number of rotatable bonds is 0. The number of nitrogens with one attached hydrogen (secondary N) is 1. The smallest absolute Gasteiger partial charge is 0.237 e. The topological polar surface area (TPSA) is 34.2 Å². The molecule has 1 unspecified atom stereocenters. The normalized spacial score (nSPS) is 16.1. The van der Waals surface area contributed by atoms with Gasteiger partial charge in [0.05, 0.1) is 6.54 Å². The largest absolute Gasteiger partial charge is 0.471 e. The third-order valence-electron chi connectivity index (χ3n) is 2.43. The van der Waals surface area contributed by atoms with Crippen LogP contribution in [0.1, 0.15) is 45.7 Å². The summed E-state index contributed by atoms with van der Waals surface area (Å²) in [6.45, 7) is 15.0. The van der Waals surface area contributed by atoms with E-state index in [0.717, 1.165) is 18.1 Å². The minimum Gasteiger partial charge on any atom is -0.471 e. The molecule has 1 N–H and O–H groups in total. The third kappa shape index (κ3) is 3.91. The Morgan fingerprint density at radius 1 is 1.24 bits per heavy atom. The van der Waals surface area contributed by atoms with Crippen LogP contribution in [-0.4, -0.2) is 17.6 Å². The third-order valence-corrected chi connectivity index (χ3v) is 2.43. The molecule has 2 rings (SSSR count). The molecule has 1 aliphatic heterocycles. The Kier molecular flexibility index (Phi) is 7.35.